The Kier molecular flexibility index (Phi) is 23.3. The molecule has 0 aromatic rings. The molecule has 0 saturated heterocycles. The highest BCUT2D eigenvalue weighted by atomic mass is 16.5. The van der Waals surface area contributed by atoms with E-state index in [9.17, 15) is 4.79 Å². The summed E-state index contributed by atoms with van der Waals surface area (Å²) in [6, 6.07) is 0. The van der Waals surface area contributed by atoms with Crippen molar-refractivity contribution in [1.82, 2.24) is 0 Å². The van der Waals surface area contributed by atoms with Crippen molar-refractivity contribution in [3.63, 3.8) is 0 Å². The van der Waals surface area contributed by atoms with Crippen LogP contribution in [0.25, 0.3) is 10.4 Å². The molecule has 0 rings (SSSR count). The maximum atomic E-state index is 11.7. The van der Waals surface area contributed by atoms with Gasteiger partial charge in [0.25, 0.3) is 0 Å². The summed E-state index contributed by atoms with van der Waals surface area (Å²) in [5.74, 6) is -0.0586. The fourth-order valence-electron chi connectivity index (χ4n) is 3.28. The van der Waals surface area contributed by atoms with E-state index in [0.717, 1.165) is 38.5 Å². The first-order chi connectivity index (χ1) is 14.3. The van der Waals surface area contributed by atoms with E-state index in [1.807, 2.05) is 0 Å². The van der Waals surface area contributed by atoms with Gasteiger partial charge in [0, 0.05) is 17.9 Å². The van der Waals surface area contributed by atoms with Gasteiger partial charge in [-0.3, -0.25) is 4.79 Å². The molecule has 0 N–H and O–H groups in total. The number of esters is 1. The molecular formula is C24H45N3O2. The molecule has 0 aliphatic heterocycles. The lowest BCUT2D eigenvalue weighted by molar-refractivity contribution is -0.143. The van der Waals surface area contributed by atoms with Gasteiger partial charge in [-0.2, -0.15) is 0 Å². The van der Waals surface area contributed by atoms with Crippen LogP contribution in [0, 0.1) is 0 Å². The van der Waals surface area contributed by atoms with E-state index in [2.05, 4.69) is 29.1 Å². The highest BCUT2D eigenvalue weighted by Crippen LogP contribution is 2.10. The number of allylic oxidation sites excluding steroid dienone is 2. The molecule has 0 unspecified atom stereocenters. The smallest absolute Gasteiger partial charge is 0.305 e. The van der Waals surface area contributed by atoms with Gasteiger partial charge in [-0.15, -0.1) is 0 Å². The van der Waals surface area contributed by atoms with Crippen molar-refractivity contribution >= 4 is 5.97 Å². The Morgan fingerprint density at radius 3 is 2.00 bits per heavy atom. The number of rotatable bonds is 22. The molecule has 0 aromatic carbocycles. The second-order valence-corrected chi connectivity index (χ2v) is 7.92. The van der Waals surface area contributed by atoms with Gasteiger partial charge >= 0.3 is 5.97 Å². The molecule has 0 saturated carbocycles. The average molecular weight is 408 g/mol. The Bertz CT molecular complexity index is 432. The monoisotopic (exact) mass is 407 g/mol. The third-order valence-electron chi connectivity index (χ3n) is 5.12. The van der Waals surface area contributed by atoms with Crippen LogP contribution in [0.15, 0.2) is 17.3 Å². The van der Waals surface area contributed by atoms with Crippen LogP contribution in [0.5, 0.6) is 0 Å². The maximum absolute atomic E-state index is 11.7. The number of hydrogen-bond donors (Lipinski definition) is 0. The topological polar surface area (TPSA) is 75.1 Å². The Morgan fingerprint density at radius 2 is 1.34 bits per heavy atom. The zero-order chi connectivity index (χ0) is 21.3. The Morgan fingerprint density at radius 1 is 0.793 bits per heavy atom. The van der Waals surface area contributed by atoms with Crippen LogP contribution in [-0.2, 0) is 9.53 Å². The van der Waals surface area contributed by atoms with Gasteiger partial charge in [-0.1, -0.05) is 88.4 Å². The normalized spacial score (nSPS) is 10.9. The van der Waals surface area contributed by atoms with E-state index in [4.69, 9.17) is 10.3 Å². The number of carbonyl (C=O) groups is 1. The predicted octanol–water partition coefficient (Wildman–Crippen LogP) is 8.44. The highest BCUT2D eigenvalue weighted by Gasteiger charge is 2.02. The van der Waals surface area contributed by atoms with Crippen molar-refractivity contribution in [1.29, 1.82) is 0 Å². The minimum absolute atomic E-state index is 0.0586. The quantitative estimate of drug-likeness (QED) is 0.0451. The summed E-state index contributed by atoms with van der Waals surface area (Å²) < 4.78 is 5.26. The van der Waals surface area contributed by atoms with E-state index in [1.165, 1.54) is 70.6 Å². The van der Waals surface area contributed by atoms with Gasteiger partial charge in [-0.05, 0) is 50.5 Å². The zero-order valence-corrected chi connectivity index (χ0v) is 19.0. The highest BCUT2D eigenvalue weighted by molar-refractivity contribution is 5.69. The summed E-state index contributed by atoms with van der Waals surface area (Å²) in [7, 11) is 0. The third kappa shape index (κ3) is 24.5. The molecule has 5 heteroatoms. The molecule has 0 spiro atoms. The first kappa shape index (κ1) is 27.5. The number of unbranched alkanes of at least 4 members (excludes halogenated alkanes) is 14. The lowest BCUT2D eigenvalue weighted by Crippen LogP contribution is -2.05. The van der Waals surface area contributed by atoms with Gasteiger partial charge < -0.3 is 4.74 Å². The lowest BCUT2D eigenvalue weighted by Gasteiger charge is -2.05. The van der Waals surface area contributed by atoms with Gasteiger partial charge in [0.1, 0.15) is 0 Å². The number of ether oxygens (including phenoxy) is 1. The van der Waals surface area contributed by atoms with E-state index in [1.54, 1.807) is 0 Å². The molecule has 0 aromatic heterocycles. The minimum atomic E-state index is -0.0586. The summed E-state index contributed by atoms with van der Waals surface area (Å²) in [6.45, 7) is 3.34. The van der Waals surface area contributed by atoms with Crippen molar-refractivity contribution in [3.8, 4) is 0 Å². The zero-order valence-electron chi connectivity index (χ0n) is 19.0. The Balaban J connectivity index is 3.22. The van der Waals surface area contributed by atoms with Crippen molar-refractivity contribution in [3.05, 3.63) is 22.6 Å². The summed E-state index contributed by atoms with van der Waals surface area (Å²) in [5, 5.41) is 3.50. The largest absolute Gasteiger partial charge is 0.466 e. The van der Waals surface area contributed by atoms with Crippen molar-refractivity contribution in [2.75, 3.05) is 13.2 Å². The summed E-state index contributed by atoms with van der Waals surface area (Å²) >= 11 is 0. The second-order valence-electron chi connectivity index (χ2n) is 7.92. The predicted molar refractivity (Wildman–Crippen MR) is 123 cm³/mol. The first-order valence-corrected chi connectivity index (χ1v) is 12.1. The SMILES string of the molecule is CCCCCCCC/C=C\CCCCCCCC(=O)OCCCCCCN=[N+]=[N-]. The third-order valence-corrected chi connectivity index (χ3v) is 5.12. The molecule has 0 aliphatic rings. The molecule has 168 valence electrons. The number of carbonyl (C=O) groups excluding carboxylic acids is 1. The number of hydrogen-bond acceptors (Lipinski definition) is 3. The van der Waals surface area contributed by atoms with Crippen molar-refractivity contribution in [2.24, 2.45) is 5.11 Å². The summed E-state index contributed by atoms with van der Waals surface area (Å²) in [6.07, 6.45) is 25.6. The van der Waals surface area contributed by atoms with Crippen molar-refractivity contribution < 1.29 is 9.53 Å². The maximum Gasteiger partial charge on any atom is 0.305 e. The molecule has 29 heavy (non-hydrogen) atoms. The molecular weight excluding hydrogens is 362 g/mol. The van der Waals surface area contributed by atoms with E-state index in [-0.39, 0.29) is 5.97 Å². The van der Waals surface area contributed by atoms with Crippen LogP contribution < -0.4 is 0 Å². The first-order valence-electron chi connectivity index (χ1n) is 12.1. The molecule has 0 fully saturated rings. The van der Waals surface area contributed by atoms with Crippen LogP contribution in [-0.4, -0.2) is 19.1 Å². The summed E-state index contributed by atoms with van der Waals surface area (Å²) in [5.41, 5.74) is 8.17. The van der Waals surface area contributed by atoms with E-state index < -0.39 is 0 Å². The molecule has 0 heterocycles. The molecule has 0 bridgehead atoms. The fourth-order valence-corrected chi connectivity index (χ4v) is 3.28. The molecule has 0 atom stereocenters. The lowest BCUT2D eigenvalue weighted by atomic mass is 10.1. The van der Waals surface area contributed by atoms with E-state index in [0.29, 0.717) is 19.6 Å². The van der Waals surface area contributed by atoms with Gasteiger partial charge in [0.2, 0.25) is 0 Å². The van der Waals surface area contributed by atoms with Gasteiger partial charge in [-0.25, -0.2) is 0 Å². The molecule has 0 amide bonds. The average Bonchev–Trinajstić information content (AvgIpc) is 2.72. The Hall–Kier alpha value is -1.48. The van der Waals surface area contributed by atoms with E-state index >= 15 is 0 Å². The van der Waals surface area contributed by atoms with Crippen molar-refractivity contribution in [2.45, 2.75) is 122 Å². The molecule has 5 nitrogen and oxygen atoms in total. The molecule has 0 radical (unpaired) electrons. The minimum Gasteiger partial charge on any atom is -0.466 e. The molecule has 0 aliphatic carbocycles. The number of nitrogens with zero attached hydrogens (tertiary/aromatic N) is 3. The van der Waals surface area contributed by atoms with Crippen LogP contribution in [0.1, 0.15) is 122 Å². The standard InChI is InChI=1S/C24H45N3O2/c1-2-3-4-5-6-7-8-9-10-11-12-13-14-15-18-21-24(28)29-23-20-17-16-19-22-26-27-25/h9-10H,2-8,11-23H2,1H3/b10-9-. The van der Waals surface area contributed by atoms with Gasteiger partial charge in [0.15, 0.2) is 0 Å². The second kappa shape index (κ2) is 24.6. The summed E-state index contributed by atoms with van der Waals surface area (Å²) in [4.78, 5) is 14.4. The van der Waals surface area contributed by atoms with Crippen LogP contribution >= 0.6 is 0 Å². The van der Waals surface area contributed by atoms with Gasteiger partial charge in [0.05, 0.1) is 6.61 Å². The van der Waals surface area contributed by atoms with Crippen LogP contribution in [0.4, 0.5) is 0 Å². The van der Waals surface area contributed by atoms with Crippen LogP contribution in [0.3, 0.4) is 0 Å². The van der Waals surface area contributed by atoms with Crippen LogP contribution in [0.2, 0.25) is 0 Å². The Labute approximate surface area is 179 Å². The fraction of sp³-hybridized carbons (Fsp3) is 0.875. The number of azide groups is 1.